The van der Waals surface area contributed by atoms with Crippen molar-refractivity contribution in [2.24, 2.45) is 0 Å². The molecule has 6 nitrogen and oxygen atoms in total. The summed E-state index contributed by atoms with van der Waals surface area (Å²) >= 11 is 1.35. The first-order valence-corrected chi connectivity index (χ1v) is 8.93. The second-order valence-corrected chi connectivity index (χ2v) is 6.52. The van der Waals surface area contributed by atoms with Crippen molar-refractivity contribution in [2.45, 2.75) is 19.8 Å². The molecular weight excluding hydrogens is 334 g/mol. The zero-order valence-electron chi connectivity index (χ0n) is 14.2. The van der Waals surface area contributed by atoms with Gasteiger partial charge in [0.1, 0.15) is 4.88 Å². The van der Waals surface area contributed by atoms with Crippen LogP contribution in [0.4, 0.5) is 0 Å². The van der Waals surface area contributed by atoms with Crippen molar-refractivity contribution < 1.29 is 4.79 Å². The van der Waals surface area contributed by atoms with Crippen LogP contribution < -0.4 is 0 Å². The van der Waals surface area contributed by atoms with Gasteiger partial charge in [-0.1, -0.05) is 13.0 Å². The molecule has 0 aliphatic carbocycles. The van der Waals surface area contributed by atoms with Gasteiger partial charge in [-0.3, -0.25) is 9.78 Å². The molecule has 0 bridgehead atoms. The van der Waals surface area contributed by atoms with Crippen molar-refractivity contribution in [3.63, 3.8) is 0 Å². The first-order valence-electron chi connectivity index (χ1n) is 8.11. The van der Waals surface area contributed by atoms with E-state index in [0.29, 0.717) is 28.7 Å². The maximum absolute atomic E-state index is 12.8. The molecule has 3 heterocycles. The number of pyridine rings is 1. The van der Waals surface area contributed by atoms with E-state index in [0.717, 1.165) is 17.8 Å². The minimum absolute atomic E-state index is 0.0209. The third-order valence-electron chi connectivity index (χ3n) is 3.76. The average molecular weight is 353 g/mol. The summed E-state index contributed by atoms with van der Waals surface area (Å²) in [6.45, 7) is 2.60. The largest absolute Gasteiger partial charge is 0.341 e. The van der Waals surface area contributed by atoms with E-state index in [4.69, 9.17) is 0 Å². The molecule has 128 valence electrons. The number of hydrogen-bond acceptors (Lipinski definition) is 6. The van der Waals surface area contributed by atoms with Gasteiger partial charge in [-0.25, -0.2) is 15.0 Å². The lowest BCUT2D eigenvalue weighted by Crippen LogP contribution is -2.29. The van der Waals surface area contributed by atoms with E-state index < -0.39 is 0 Å². The van der Waals surface area contributed by atoms with Crippen molar-refractivity contribution in [1.82, 2.24) is 24.8 Å². The number of rotatable bonds is 6. The van der Waals surface area contributed by atoms with E-state index in [9.17, 15) is 4.79 Å². The summed E-state index contributed by atoms with van der Waals surface area (Å²) in [5.74, 6) is 0.532. The molecule has 3 rings (SSSR count). The molecule has 0 saturated carbocycles. The molecule has 0 aromatic carbocycles. The molecule has 7 heteroatoms. The van der Waals surface area contributed by atoms with E-state index in [1.165, 1.54) is 11.3 Å². The first kappa shape index (κ1) is 17.2. The summed E-state index contributed by atoms with van der Waals surface area (Å²) in [7, 11) is 1.81. The fourth-order valence-electron chi connectivity index (χ4n) is 2.37. The molecule has 1 amide bonds. The Labute approximate surface area is 150 Å². The van der Waals surface area contributed by atoms with Crippen LogP contribution in [0.1, 0.15) is 28.0 Å². The van der Waals surface area contributed by atoms with Crippen LogP contribution in [0.25, 0.3) is 10.8 Å². The van der Waals surface area contributed by atoms with Crippen LogP contribution in [-0.4, -0.2) is 44.3 Å². The molecule has 0 unspecified atom stereocenters. The van der Waals surface area contributed by atoms with Gasteiger partial charge in [-0.05, 0) is 24.6 Å². The van der Waals surface area contributed by atoms with Crippen LogP contribution in [0.2, 0.25) is 0 Å². The molecule has 25 heavy (non-hydrogen) atoms. The third-order valence-corrected chi connectivity index (χ3v) is 4.84. The molecule has 0 atom stereocenters. The van der Waals surface area contributed by atoms with Crippen LogP contribution in [-0.2, 0) is 12.8 Å². The van der Waals surface area contributed by atoms with Crippen LogP contribution in [0, 0.1) is 0 Å². The molecular formula is C18H19N5OS. The molecule has 0 N–H and O–H groups in total. The quantitative estimate of drug-likeness (QED) is 0.681. The number of aromatic nitrogens is 4. The Kier molecular flexibility index (Phi) is 5.45. The van der Waals surface area contributed by atoms with E-state index in [-0.39, 0.29) is 5.91 Å². The summed E-state index contributed by atoms with van der Waals surface area (Å²) in [5, 5.41) is 0.680. The van der Waals surface area contributed by atoms with E-state index in [2.05, 4.69) is 19.9 Å². The Bertz CT molecular complexity index is 835. The van der Waals surface area contributed by atoms with Crippen LogP contribution in [0.5, 0.6) is 0 Å². The highest BCUT2D eigenvalue weighted by Crippen LogP contribution is 2.27. The molecule has 0 aliphatic heterocycles. The highest BCUT2D eigenvalue weighted by molar-refractivity contribution is 7.17. The maximum Gasteiger partial charge on any atom is 0.265 e. The second-order valence-electron chi connectivity index (χ2n) is 5.52. The summed E-state index contributed by atoms with van der Waals surface area (Å²) in [4.78, 5) is 32.5. The Hall–Kier alpha value is -2.67. The summed E-state index contributed by atoms with van der Waals surface area (Å²) in [6.07, 6.45) is 6.53. The van der Waals surface area contributed by atoms with Gasteiger partial charge in [-0.2, -0.15) is 0 Å². The molecule has 0 aliphatic rings. The summed E-state index contributed by atoms with van der Waals surface area (Å²) in [6, 6.07) is 7.56. The van der Waals surface area contributed by atoms with Crippen molar-refractivity contribution in [2.75, 3.05) is 13.6 Å². The lowest BCUT2D eigenvalue weighted by atomic mass is 10.2. The Morgan fingerprint density at radius 1 is 1.12 bits per heavy atom. The highest BCUT2D eigenvalue weighted by atomic mass is 32.1. The molecule has 0 saturated heterocycles. The number of thiazole rings is 1. The van der Waals surface area contributed by atoms with Gasteiger partial charge in [0.2, 0.25) is 0 Å². The molecule has 3 aromatic heterocycles. The SMILES string of the molecule is CCc1nc(-c2ncccn2)sc1C(=O)N(C)CCc1ccccn1. The second kappa shape index (κ2) is 7.94. The zero-order valence-corrected chi connectivity index (χ0v) is 15.0. The number of aryl methyl sites for hydroxylation is 1. The predicted molar refractivity (Wildman–Crippen MR) is 97.4 cm³/mol. The van der Waals surface area contributed by atoms with E-state index in [1.807, 2.05) is 32.2 Å². The van der Waals surface area contributed by atoms with Crippen LogP contribution in [0.15, 0.2) is 42.9 Å². The van der Waals surface area contributed by atoms with Gasteiger partial charge < -0.3 is 4.90 Å². The van der Waals surface area contributed by atoms with Crippen molar-refractivity contribution >= 4 is 17.2 Å². The minimum Gasteiger partial charge on any atom is -0.341 e. The Morgan fingerprint density at radius 3 is 2.56 bits per heavy atom. The third kappa shape index (κ3) is 4.06. The number of carbonyl (C=O) groups excluding carboxylic acids is 1. The summed E-state index contributed by atoms with van der Waals surface area (Å²) in [5.41, 5.74) is 1.77. The van der Waals surface area contributed by atoms with E-state index >= 15 is 0 Å². The zero-order chi connectivity index (χ0) is 17.6. The van der Waals surface area contributed by atoms with Gasteiger partial charge in [0.05, 0.1) is 5.69 Å². The molecule has 0 fully saturated rings. The fourth-order valence-corrected chi connectivity index (χ4v) is 3.46. The number of likely N-dealkylation sites (N-methyl/N-ethyl adjacent to an activating group) is 1. The van der Waals surface area contributed by atoms with Crippen LogP contribution >= 0.6 is 11.3 Å². The fraction of sp³-hybridized carbons (Fsp3) is 0.278. The minimum atomic E-state index is -0.0209. The number of amides is 1. The summed E-state index contributed by atoms with van der Waals surface area (Å²) < 4.78 is 0. The normalized spacial score (nSPS) is 10.6. The standard InChI is InChI=1S/C18H19N5OS/c1-3-14-15(25-17(22-14)16-20-10-6-11-21-16)18(24)23(2)12-8-13-7-4-5-9-19-13/h4-7,9-11H,3,8,12H2,1-2H3. The Morgan fingerprint density at radius 2 is 1.88 bits per heavy atom. The first-order chi connectivity index (χ1) is 12.2. The predicted octanol–water partition coefficient (Wildman–Crippen LogP) is 2.87. The molecule has 3 aromatic rings. The number of nitrogens with zero attached hydrogens (tertiary/aromatic N) is 5. The maximum atomic E-state index is 12.8. The Balaban J connectivity index is 1.75. The highest BCUT2D eigenvalue weighted by Gasteiger charge is 2.21. The number of hydrogen-bond donors (Lipinski definition) is 0. The topological polar surface area (TPSA) is 71.9 Å². The monoisotopic (exact) mass is 353 g/mol. The molecule has 0 spiro atoms. The van der Waals surface area contributed by atoms with Crippen molar-refractivity contribution in [3.05, 3.63) is 59.1 Å². The van der Waals surface area contributed by atoms with Crippen LogP contribution in [0.3, 0.4) is 0 Å². The van der Waals surface area contributed by atoms with Gasteiger partial charge in [0.25, 0.3) is 5.91 Å². The van der Waals surface area contributed by atoms with Gasteiger partial charge >= 0.3 is 0 Å². The van der Waals surface area contributed by atoms with Gasteiger partial charge in [0, 0.05) is 44.3 Å². The number of carbonyl (C=O) groups is 1. The van der Waals surface area contributed by atoms with Crippen molar-refractivity contribution in [3.8, 4) is 10.8 Å². The average Bonchev–Trinajstić information content (AvgIpc) is 3.11. The lowest BCUT2D eigenvalue weighted by molar-refractivity contribution is 0.0800. The smallest absolute Gasteiger partial charge is 0.265 e. The van der Waals surface area contributed by atoms with Gasteiger partial charge in [-0.15, -0.1) is 11.3 Å². The van der Waals surface area contributed by atoms with Crippen molar-refractivity contribution in [1.29, 1.82) is 0 Å². The molecule has 0 radical (unpaired) electrons. The van der Waals surface area contributed by atoms with E-state index in [1.54, 1.807) is 29.6 Å². The lowest BCUT2D eigenvalue weighted by Gasteiger charge is -2.16. The van der Waals surface area contributed by atoms with Gasteiger partial charge in [0.15, 0.2) is 10.8 Å².